The van der Waals surface area contributed by atoms with Crippen molar-refractivity contribution in [3.63, 3.8) is 0 Å². The van der Waals surface area contributed by atoms with Crippen LogP contribution in [0.15, 0.2) is 89.8 Å². The standard InChI is InChI=1S/C38H44O5S/c1-4-6-7-8-9-12-25-41-31-18-15-29(16-19-31)38(40)44-33-22-20-32(21-23-33)43-36-24-17-30(34-13-10-11-14-35(34)36)26-37(39)42-27-28(3)5-2/h10-11,13-24,28H,4-9,12,25-27H2,1-3H3. The molecule has 0 saturated carbocycles. The molecule has 0 aliphatic rings. The molecule has 0 aliphatic heterocycles. The highest BCUT2D eigenvalue weighted by Crippen LogP contribution is 2.34. The molecule has 6 heteroatoms. The number of carbonyl (C=O) groups excluding carboxylic acids is 2. The average Bonchev–Trinajstić information content (AvgIpc) is 3.05. The van der Waals surface area contributed by atoms with Crippen LogP contribution >= 0.6 is 11.8 Å². The van der Waals surface area contributed by atoms with Crippen LogP contribution in [0.4, 0.5) is 0 Å². The molecule has 44 heavy (non-hydrogen) atoms. The van der Waals surface area contributed by atoms with Crippen molar-refractivity contribution in [3.05, 3.63) is 96.1 Å². The third-order valence-corrected chi connectivity index (χ3v) is 8.58. The second-order valence-corrected chi connectivity index (χ2v) is 12.3. The molecule has 4 aromatic rings. The van der Waals surface area contributed by atoms with Gasteiger partial charge in [0.2, 0.25) is 5.12 Å². The van der Waals surface area contributed by atoms with Gasteiger partial charge >= 0.3 is 5.97 Å². The highest BCUT2D eigenvalue weighted by molar-refractivity contribution is 8.14. The highest BCUT2D eigenvalue weighted by Gasteiger charge is 2.14. The van der Waals surface area contributed by atoms with E-state index in [9.17, 15) is 9.59 Å². The summed E-state index contributed by atoms with van der Waals surface area (Å²) >= 11 is 1.19. The van der Waals surface area contributed by atoms with Crippen LogP contribution in [-0.2, 0) is 16.0 Å². The van der Waals surface area contributed by atoms with Gasteiger partial charge in [-0.3, -0.25) is 9.59 Å². The van der Waals surface area contributed by atoms with E-state index in [4.69, 9.17) is 14.2 Å². The maximum atomic E-state index is 12.9. The third kappa shape index (κ3) is 10.2. The van der Waals surface area contributed by atoms with Gasteiger partial charge in [-0.05, 0) is 89.6 Å². The second kappa shape index (κ2) is 17.5. The molecule has 4 rings (SSSR count). The lowest BCUT2D eigenvalue weighted by atomic mass is 10.0. The van der Waals surface area contributed by atoms with Crippen molar-refractivity contribution < 1.29 is 23.8 Å². The number of thioether (sulfide) groups is 1. The summed E-state index contributed by atoms with van der Waals surface area (Å²) in [4.78, 5) is 26.2. The van der Waals surface area contributed by atoms with E-state index in [1.165, 1.54) is 43.9 Å². The summed E-state index contributed by atoms with van der Waals surface area (Å²) in [7, 11) is 0. The molecular weight excluding hydrogens is 568 g/mol. The molecule has 1 atom stereocenters. The van der Waals surface area contributed by atoms with E-state index in [0.717, 1.165) is 39.8 Å². The van der Waals surface area contributed by atoms with E-state index in [1.54, 1.807) is 0 Å². The molecule has 0 aromatic heterocycles. The largest absolute Gasteiger partial charge is 0.494 e. The van der Waals surface area contributed by atoms with Crippen molar-refractivity contribution in [3.8, 4) is 17.2 Å². The quantitative estimate of drug-likeness (QED) is 0.0672. The number of ether oxygens (including phenoxy) is 3. The van der Waals surface area contributed by atoms with E-state index in [2.05, 4.69) is 20.8 Å². The van der Waals surface area contributed by atoms with Gasteiger partial charge in [-0.1, -0.05) is 89.6 Å². The summed E-state index contributed by atoms with van der Waals surface area (Å²) < 4.78 is 17.6. The summed E-state index contributed by atoms with van der Waals surface area (Å²) in [5.74, 6) is 2.29. The first-order chi connectivity index (χ1) is 21.5. The molecule has 1 unspecified atom stereocenters. The van der Waals surface area contributed by atoms with E-state index < -0.39 is 0 Å². The Hall–Kier alpha value is -3.77. The highest BCUT2D eigenvalue weighted by atomic mass is 32.2. The SMILES string of the molecule is CCCCCCCCOc1ccc(C(=O)Sc2ccc(Oc3ccc(CC(=O)OCC(C)CC)c4ccccc34)cc2)cc1. The molecular formula is C38H44O5S. The summed E-state index contributed by atoms with van der Waals surface area (Å²) in [5.41, 5.74) is 1.54. The molecule has 0 amide bonds. The second-order valence-electron chi connectivity index (χ2n) is 11.2. The van der Waals surface area contributed by atoms with Gasteiger partial charge in [-0.2, -0.15) is 0 Å². The topological polar surface area (TPSA) is 61.8 Å². The zero-order chi connectivity index (χ0) is 31.1. The molecule has 232 valence electrons. The van der Waals surface area contributed by atoms with Gasteiger partial charge in [0.1, 0.15) is 17.2 Å². The zero-order valence-corrected chi connectivity index (χ0v) is 27.0. The average molecular weight is 613 g/mol. The fraction of sp³-hybridized carbons (Fsp3) is 0.368. The number of esters is 1. The fourth-order valence-electron chi connectivity index (χ4n) is 4.76. The minimum absolute atomic E-state index is 0.0228. The van der Waals surface area contributed by atoms with Crippen LogP contribution in [0.2, 0.25) is 0 Å². The summed E-state index contributed by atoms with van der Waals surface area (Å²) in [5, 5.41) is 1.86. The first-order valence-electron chi connectivity index (χ1n) is 15.9. The minimum Gasteiger partial charge on any atom is -0.494 e. The number of rotatable bonds is 17. The Bertz CT molecular complexity index is 1480. The Morgan fingerprint density at radius 1 is 0.750 bits per heavy atom. The van der Waals surface area contributed by atoms with Crippen LogP contribution in [0.5, 0.6) is 17.2 Å². The van der Waals surface area contributed by atoms with Crippen molar-refractivity contribution in [1.29, 1.82) is 0 Å². The van der Waals surface area contributed by atoms with E-state index in [0.29, 0.717) is 36.2 Å². The molecule has 0 bridgehead atoms. The Balaban J connectivity index is 1.30. The molecule has 0 N–H and O–H groups in total. The number of unbranched alkanes of at least 4 members (excludes halogenated alkanes) is 5. The third-order valence-electron chi connectivity index (χ3n) is 7.65. The molecule has 4 aromatic carbocycles. The Kier molecular flexibility index (Phi) is 13.2. The number of hydrogen-bond acceptors (Lipinski definition) is 6. The molecule has 0 radical (unpaired) electrons. The molecule has 0 saturated heterocycles. The number of benzene rings is 4. The van der Waals surface area contributed by atoms with Gasteiger partial charge in [0.15, 0.2) is 0 Å². The van der Waals surface area contributed by atoms with E-state index >= 15 is 0 Å². The van der Waals surface area contributed by atoms with Crippen LogP contribution in [0.1, 0.15) is 81.6 Å². The number of hydrogen-bond donors (Lipinski definition) is 0. The molecule has 0 aliphatic carbocycles. The van der Waals surface area contributed by atoms with Gasteiger partial charge in [0, 0.05) is 15.8 Å². The monoisotopic (exact) mass is 612 g/mol. The lowest BCUT2D eigenvalue weighted by molar-refractivity contribution is -0.144. The van der Waals surface area contributed by atoms with Crippen LogP contribution in [0.25, 0.3) is 10.8 Å². The summed E-state index contributed by atoms with van der Waals surface area (Å²) in [6.45, 7) is 7.53. The predicted molar refractivity (Wildman–Crippen MR) is 180 cm³/mol. The van der Waals surface area contributed by atoms with E-state index in [-0.39, 0.29) is 17.5 Å². The van der Waals surface area contributed by atoms with Crippen molar-refractivity contribution in [1.82, 2.24) is 0 Å². The Morgan fingerprint density at radius 3 is 2.16 bits per heavy atom. The molecule has 0 fully saturated rings. The lowest BCUT2D eigenvalue weighted by Crippen LogP contribution is -2.13. The Labute approximate surface area is 266 Å². The fourth-order valence-corrected chi connectivity index (χ4v) is 5.51. The van der Waals surface area contributed by atoms with Crippen molar-refractivity contribution >= 4 is 33.6 Å². The van der Waals surface area contributed by atoms with Crippen molar-refractivity contribution in [2.75, 3.05) is 13.2 Å². The first-order valence-corrected chi connectivity index (χ1v) is 16.7. The smallest absolute Gasteiger partial charge is 0.310 e. The summed E-state index contributed by atoms with van der Waals surface area (Å²) in [6.07, 6.45) is 8.55. The van der Waals surface area contributed by atoms with Crippen LogP contribution < -0.4 is 9.47 Å². The van der Waals surface area contributed by atoms with Crippen LogP contribution in [-0.4, -0.2) is 24.3 Å². The lowest BCUT2D eigenvalue weighted by Gasteiger charge is -2.13. The van der Waals surface area contributed by atoms with E-state index in [1.807, 2.05) is 84.9 Å². The molecule has 0 spiro atoms. The molecule has 0 heterocycles. The van der Waals surface area contributed by atoms with Crippen LogP contribution in [0, 0.1) is 5.92 Å². The van der Waals surface area contributed by atoms with Gasteiger partial charge < -0.3 is 14.2 Å². The maximum Gasteiger partial charge on any atom is 0.310 e. The van der Waals surface area contributed by atoms with Crippen molar-refractivity contribution in [2.45, 2.75) is 77.0 Å². The van der Waals surface area contributed by atoms with Gasteiger partial charge in [0.25, 0.3) is 0 Å². The van der Waals surface area contributed by atoms with Crippen molar-refractivity contribution in [2.24, 2.45) is 5.92 Å². The predicted octanol–water partition coefficient (Wildman–Crippen LogP) is 10.4. The first kappa shape index (κ1) is 33.1. The zero-order valence-electron chi connectivity index (χ0n) is 26.2. The number of carbonyl (C=O) groups is 2. The van der Waals surface area contributed by atoms with Gasteiger partial charge in [-0.15, -0.1) is 0 Å². The normalized spacial score (nSPS) is 11.7. The van der Waals surface area contributed by atoms with Gasteiger partial charge in [0.05, 0.1) is 19.6 Å². The Morgan fingerprint density at radius 2 is 1.43 bits per heavy atom. The summed E-state index contributed by atoms with van der Waals surface area (Å²) in [6, 6.07) is 26.6. The maximum absolute atomic E-state index is 12.9. The molecule has 5 nitrogen and oxygen atoms in total. The number of fused-ring (bicyclic) bond motifs is 1. The van der Waals surface area contributed by atoms with Crippen LogP contribution in [0.3, 0.4) is 0 Å². The minimum atomic E-state index is -0.223. The van der Waals surface area contributed by atoms with Gasteiger partial charge in [-0.25, -0.2) is 0 Å².